The van der Waals surface area contributed by atoms with Crippen LogP contribution in [0.25, 0.3) is 0 Å². The summed E-state index contributed by atoms with van der Waals surface area (Å²) in [4.78, 5) is 26.1. The topological polar surface area (TPSA) is 46.6 Å². The van der Waals surface area contributed by atoms with Gasteiger partial charge in [0, 0.05) is 19.5 Å². The zero-order valence-corrected chi connectivity index (χ0v) is 14.0. The molecule has 0 saturated heterocycles. The maximum absolute atomic E-state index is 12.2. The zero-order valence-electron chi connectivity index (χ0n) is 14.0. The molecular formula is C20H21NO3. The Labute approximate surface area is 142 Å². The van der Waals surface area contributed by atoms with E-state index < -0.39 is 0 Å². The van der Waals surface area contributed by atoms with Crippen LogP contribution in [0, 0.1) is 6.92 Å². The van der Waals surface area contributed by atoms with Crippen LogP contribution in [0.4, 0.5) is 0 Å². The normalized spacial score (nSPS) is 14.8. The number of hydrogen-bond donors (Lipinski definition) is 0. The minimum Gasteiger partial charge on any atom is -0.465 e. The Bertz CT molecular complexity index is 765. The van der Waals surface area contributed by atoms with Crippen LogP contribution in [0.15, 0.2) is 42.5 Å². The summed E-state index contributed by atoms with van der Waals surface area (Å²) in [6, 6.07) is 13.8. The van der Waals surface area contributed by atoms with Crippen LogP contribution in [0.2, 0.25) is 0 Å². The second-order valence-corrected chi connectivity index (χ2v) is 6.32. The Morgan fingerprint density at radius 2 is 1.83 bits per heavy atom. The molecule has 0 spiro atoms. The molecule has 1 heterocycles. The number of ketones is 1. The lowest BCUT2D eigenvalue weighted by Crippen LogP contribution is -2.27. The molecule has 0 unspecified atom stereocenters. The van der Waals surface area contributed by atoms with Crippen molar-refractivity contribution < 1.29 is 14.3 Å². The van der Waals surface area contributed by atoms with E-state index in [-0.39, 0.29) is 11.8 Å². The number of methoxy groups -OCH3 is 1. The van der Waals surface area contributed by atoms with Crippen molar-refractivity contribution in [2.45, 2.75) is 26.4 Å². The molecular weight excluding hydrogens is 302 g/mol. The van der Waals surface area contributed by atoms with Crippen LogP contribution in [-0.4, -0.2) is 30.3 Å². The van der Waals surface area contributed by atoms with Gasteiger partial charge in [-0.3, -0.25) is 9.69 Å². The standard InChI is InChI=1S/C20H21NO3/c1-14-3-5-15(6-4-14)11-21-12-18-9-17(20(23)24-2)8-7-16(18)10-19(22)13-21/h3-9H,10-13H2,1-2H3. The number of rotatable bonds is 3. The summed E-state index contributed by atoms with van der Waals surface area (Å²) in [5.74, 6) is -0.148. The Hall–Kier alpha value is -2.46. The van der Waals surface area contributed by atoms with Crippen LogP contribution in [-0.2, 0) is 29.0 Å². The molecule has 3 rings (SSSR count). The van der Waals surface area contributed by atoms with Crippen molar-refractivity contribution in [1.82, 2.24) is 4.90 Å². The van der Waals surface area contributed by atoms with Crippen molar-refractivity contribution >= 4 is 11.8 Å². The Kier molecular flexibility index (Phi) is 4.76. The second-order valence-electron chi connectivity index (χ2n) is 6.32. The highest BCUT2D eigenvalue weighted by Crippen LogP contribution is 2.21. The van der Waals surface area contributed by atoms with Gasteiger partial charge in [-0.25, -0.2) is 4.79 Å². The lowest BCUT2D eigenvalue weighted by atomic mass is 10.0. The molecule has 0 bridgehead atoms. The van der Waals surface area contributed by atoms with Gasteiger partial charge in [-0.15, -0.1) is 0 Å². The molecule has 0 radical (unpaired) electrons. The molecule has 24 heavy (non-hydrogen) atoms. The number of ether oxygens (including phenoxy) is 1. The highest BCUT2D eigenvalue weighted by atomic mass is 16.5. The maximum Gasteiger partial charge on any atom is 0.337 e. The Morgan fingerprint density at radius 1 is 1.08 bits per heavy atom. The molecule has 0 aliphatic carbocycles. The van der Waals surface area contributed by atoms with Crippen molar-refractivity contribution in [1.29, 1.82) is 0 Å². The number of fused-ring (bicyclic) bond motifs is 1. The zero-order chi connectivity index (χ0) is 17.1. The van der Waals surface area contributed by atoms with Crippen molar-refractivity contribution in [3.8, 4) is 0 Å². The van der Waals surface area contributed by atoms with Crippen LogP contribution < -0.4 is 0 Å². The fourth-order valence-electron chi connectivity index (χ4n) is 3.07. The Balaban J connectivity index is 1.85. The first-order valence-corrected chi connectivity index (χ1v) is 8.05. The van der Waals surface area contributed by atoms with E-state index in [4.69, 9.17) is 4.74 Å². The summed E-state index contributed by atoms with van der Waals surface area (Å²) >= 11 is 0. The predicted octanol–water partition coefficient (Wildman–Crippen LogP) is 2.91. The minimum atomic E-state index is -0.349. The number of Topliss-reactive ketones (excluding diaryl/α,β-unsaturated/α-hetero) is 1. The largest absolute Gasteiger partial charge is 0.465 e. The minimum absolute atomic E-state index is 0.201. The van der Waals surface area contributed by atoms with Crippen LogP contribution in [0.3, 0.4) is 0 Å². The van der Waals surface area contributed by atoms with Crippen LogP contribution in [0.1, 0.15) is 32.6 Å². The fourth-order valence-corrected chi connectivity index (χ4v) is 3.07. The van der Waals surface area contributed by atoms with Crippen LogP contribution in [0.5, 0.6) is 0 Å². The molecule has 0 fully saturated rings. The van der Waals surface area contributed by atoms with Gasteiger partial charge in [-0.2, -0.15) is 0 Å². The maximum atomic E-state index is 12.2. The smallest absolute Gasteiger partial charge is 0.337 e. The average molecular weight is 323 g/mol. The van der Waals surface area contributed by atoms with E-state index in [2.05, 4.69) is 36.1 Å². The molecule has 2 aromatic rings. The van der Waals surface area contributed by atoms with E-state index in [1.165, 1.54) is 18.2 Å². The highest BCUT2D eigenvalue weighted by Gasteiger charge is 2.21. The van der Waals surface area contributed by atoms with Gasteiger partial charge in [0.1, 0.15) is 0 Å². The molecule has 0 N–H and O–H groups in total. The number of esters is 1. The third kappa shape index (κ3) is 3.71. The molecule has 124 valence electrons. The summed E-state index contributed by atoms with van der Waals surface area (Å²) in [5, 5.41) is 0. The molecule has 2 aromatic carbocycles. The van der Waals surface area contributed by atoms with Gasteiger partial charge in [-0.1, -0.05) is 35.9 Å². The molecule has 4 nitrogen and oxygen atoms in total. The Morgan fingerprint density at radius 3 is 2.54 bits per heavy atom. The summed E-state index contributed by atoms with van der Waals surface area (Å²) in [7, 11) is 1.38. The van der Waals surface area contributed by atoms with Gasteiger partial charge in [0.25, 0.3) is 0 Å². The second kappa shape index (κ2) is 6.97. The SMILES string of the molecule is COC(=O)c1ccc2c(c1)CN(Cc1ccc(C)cc1)CC(=O)C2. The van der Waals surface area contributed by atoms with Crippen molar-refractivity contribution in [2.75, 3.05) is 13.7 Å². The van der Waals surface area contributed by atoms with E-state index in [0.29, 0.717) is 31.6 Å². The van der Waals surface area contributed by atoms with E-state index >= 15 is 0 Å². The van der Waals surface area contributed by atoms with E-state index in [9.17, 15) is 9.59 Å². The highest BCUT2D eigenvalue weighted by molar-refractivity contribution is 5.90. The lowest BCUT2D eigenvalue weighted by molar-refractivity contribution is -0.119. The first-order valence-electron chi connectivity index (χ1n) is 8.05. The molecule has 0 atom stereocenters. The van der Waals surface area contributed by atoms with E-state index in [1.54, 1.807) is 6.07 Å². The number of hydrogen-bond acceptors (Lipinski definition) is 4. The average Bonchev–Trinajstić information content (AvgIpc) is 2.72. The van der Waals surface area contributed by atoms with Crippen molar-refractivity contribution in [3.05, 3.63) is 70.3 Å². The van der Waals surface area contributed by atoms with Gasteiger partial charge in [0.2, 0.25) is 0 Å². The van der Waals surface area contributed by atoms with E-state index in [0.717, 1.165) is 11.1 Å². The van der Waals surface area contributed by atoms with Gasteiger partial charge in [-0.05, 0) is 35.7 Å². The fraction of sp³-hybridized carbons (Fsp3) is 0.300. The molecule has 0 amide bonds. The summed E-state index contributed by atoms with van der Waals surface area (Å²) < 4.78 is 4.79. The number of aryl methyl sites for hydroxylation is 1. The lowest BCUT2D eigenvalue weighted by Gasteiger charge is -2.20. The molecule has 1 aliphatic heterocycles. The summed E-state index contributed by atoms with van der Waals surface area (Å²) in [6.45, 7) is 3.85. The summed E-state index contributed by atoms with van der Waals surface area (Å²) in [5.41, 5.74) is 4.95. The molecule has 1 aliphatic rings. The van der Waals surface area contributed by atoms with Crippen molar-refractivity contribution in [3.63, 3.8) is 0 Å². The predicted molar refractivity (Wildman–Crippen MR) is 91.8 cm³/mol. The monoisotopic (exact) mass is 323 g/mol. The molecule has 4 heteroatoms. The summed E-state index contributed by atoms with van der Waals surface area (Å²) in [6.07, 6.45) is 0.418. The quantitative estimate of drug-likeness (QED) is 0.815. The van der Waals surface area contributed by atoms with Gasteiger partial charge in [0.05, 0.1) is 19.2 Å². The number of benzene rings is 2. The third-order valence-corrected chi connectivity index (χ3v) is 4.34. The van der Waals surface area contributed by atoms with Gasteiger partial charge in [0.15, 0.2) is 5.78 Å². The first-order chi connectivity index (χ1) is 11.5. The van der Waals surface area contributed by atoms with Crippen molar-refractivity contribution in [2.24, 2.45) is 0 Å². The number of carbonyl (C=O) groups is 2. The molecule has 0 saturated carbocycles. The molecule has 0 aromatic heterocycles. The van der Waals surface area contributed by atoms with Gasteiger partial charge >= 0.3 is 5.97 Å². The first kappa shape index (κ1) is 16.4. The van der Waals surface area contributed by atoms with E-state index in [1.807, 2.05) is 12.1 Å². The number of nitrogens with zero attached hydrogens (tertiary/aromatic N) is 1. The number of carbonyl (C=O) groups excluding carboxylic acids is 2. The van der Waals surface area contributed by atoms with Crippen LogP contribution >= 0.6 is 0 Å². The van der Waals surface area contributed by atoms with Gasteiger partial charge < -0.3 is 4.74 Å². The third-order valence-electron chi connectivity index (χ3n) is 4.34.